The zero-order valence-corrected chi connectivity index (χ0v) is 15.7. The summed E-state index contributed by atoms with van der Waals surface area (Å²) in [6, 6.07) is 9.63. The van der Waals surface area contributed by atoms with Crippen molar-refractivity contribution in [1.82, 2.24) is 0 Å². The highest BCUT2D eigenvalue weighted by Gasteiger charge is 2.57. The van der Waals surface area contributed by atoms with Crippen molar-refractivity contribution in [3.63, 3.8) is 0 Å². The number of hydrogen-bond acceptors (Lipinski definition) is 6. The Hall–Kier alpha value is -3.01. The molecule has 1 unspecified atom stereocenters. The first-order valence-corrected chi connectivity index (χ1v) is 8.53. The van der Waals surface area contributed by atoms with Crippen molar-refractivity contribution in [3.05, 3.63) is 69.2 Å². The Balaban J connectivity index is 2.34. The number of hydrogen-bond donors (Lipinski definition) is 0. The van der Waals surface area contributed by atoms with Gasteiger partial charge in [0.2, 0.25) is 6.61 Å². The van der Waals surface area contributed by atoms with E-state index in [1.54, 1.807) is 6.07 Å². The van der Waals surface area contributed by atoms with Gasteiger partial charge in [-0.05, 0) is 37.3 Å². The molecule has 29 heavy (non-hydrogen) atoms. The Morgan fingerprint density at radius 2 is 1.83 bits per heavy atom. The van der Waals surface area contributed by atoms with Gasteiger partial charge in [-0.3, -0.25) is 10.1 Å². The molecular weight excluding hydrogens is 419 g/mol. The highest BCUT2D eigenvalue weighted by atomic mass is 35.5. The van der Waals surface area contributed by atoms with Crippen LogP contribution in [0.4, 0.5) is 13.2 Å². The van der Waals surface area contributed by atoms with E-state index in [0.29, 0.717) is 12.1 Å². The number of alkyl halides is 3. The summed E-state index contributed by atoms with van der Waals surface area (Å²) in [6.45, 7) is 0.269. The monoisotopic (exact) mass is 433 g/mol. The lowest BCUT2D eigenvalue weighted by Gasteiger charge is -2.24. The maximum Gasteiger partial charge on any atom is 0.494 e. The normalized spacial score (nSPS) is 13.3. The van der Waals surface area contributed by atoms with Crippen molar-refractivity contribution < 1.29 is 37.1 Å². The first kappa shape index (κ1) is 22.3. The Morgan fingerprint density at radius 1 is 1.17 bits per heavy atom. The third kappa shape index (κ3) is 5.29. The number of nitrogens with zero attached hydrogens (tertiary/aromatic N) is 1. The SMILES string of the molecule is CCOC(=O)C(COc1ccc(C(F)(F)F)cc1Cl)(Oc1ccccc1)[N+](=O)[O-]. The van der Waals surface area contributed by atoms with E-state index in [1.165, 1.54) is 31.2 Å². The third-order valence-corrected chi connectivity index (χ3v) is 3.90. The number of ether oxygens (including phenoxy) is 3. The molecule has 2 aromatic rings. The molecule has 0 fully saturated rings. The van der Waals surface area contributed by atoms with Gasteiger partial charge >= 0.3 is 17.9 Å². The summed E-state index contributed by atoms with van der Waals surface area (Å²) in [4.78, 5) is 23.1. The molecule has 0 aliphatic heterocycles. The smallest absolute Gasteiger partial charge is 0.479 e. The third-order valence-electron chi connectivity index (χ3n) is 3.60. The predicted molar refractivity (Wildman–Crippen MR) is 95.4 cm³/mol. The molecule has 1 atom stereocenters. The van der Waals surface area contributed by atoms with Gasteiger partial charge < -0.3 is 14.2 Å². The van der Waals surface area contributed by atoms with E-state index < -0.39 is 40.0 Å². The summed E-state index contributed by atoms with van der Waals surface area (Å²) in [5.74, 6) is -1.65. The van der Waals surface area contributed by atoms with Crippen molar-refractivity contribution >= 4 is 17.6 Å². The van der Waals surface area contributed by atoms with Crippen LogP contribution in [0.1, 0.15) is 12.5 Å². The predicted octanol–water partition coefficient (Wildman–Crippen LogP) is 4.35. The minimum absolute atomic E-state index is 0.0145. The summed E-state index contributed by atoms with van der Waals surface area (Å²) in [6.07, 6.45) is -4.63. The van der Waals surface area contributed by atoms with Gasteiger partial charge in [0.15, 0.2) is 0 Å². The second-order valence-corrected chi connectivity index (χ2v) is 6.02. The number of benzene rings is 2. The molecule has 156 valence electrons. The van der Waals surface area contributed by atoms with Crippen molar-refractivity contribution in [2.75, 3.05) is 13.2 Å². The lowest BCUT2D eigenvalue weighted by atomic mass is 10.2. The van der Waals surface area contributed by atoms with E-state index in [2.05, 4.69) is 0 Å². The molecule has 0 aromatic heterocycles. The second-order valence-electron chi connectivity index (χ2n) is 5.61. The molecule has 11 heteroatoms. The Bertz CT molecular complexity index is 878. The molecule has 0 N–H and O–H groups in total. The fraction of sp³-hybridized carbons (Fsp3) is 0.278. The Kier molecular flexibility index (Phi) is 6.91. The Morgan fingerprint density at radius 3 is 2.34 bits per heavy atom. The van der Waals surface area contributed by atoms with Crippen molar-refractivity contribution in [2.24, 2.45) is 0 Å². The quantitative estimate of drug-likeness (QED) is 0.266. The molecule has 2 rings (SSSR count). The summed E-state index contributed by atoms with van der Waals surface area (Å²) in [5, 5.41) is 11.3. The lowest BCUT2D eigenvalue weighted by molar-refractivity contribution is -0.601. The number of para-hydroxylation sites is 1. The molecule has 7 nitrogen and oxygen atoms in total. The highest BCUT2D eigenvalue weighted by molar-refractivity contribution is 6.32. The van der Waals surface area contributed by atoms with E-state index in [4.69, 9.17) is 25.8 Å². The van der Waals surface area contributed by atoms with Crippen LogP contribution in [0.2, 0.25) is 5.02 Å². The van der Waals surface area contributed by atoms with E-state index >= 15 is 0 Å². The summed E-state index contributed by atoms with van der Waals surface area (Å²) < 4.78 is 53.5. The van der Waals surface area contributed by atoms with Crippen LogP contribution >= 0.6 is 11.6 Å². The number of carbonyl (C=O) groups is 1. The van der Waals surface area contributed by atoms with Crippen LogP contribution in [0.25, 0.3) is 0 Å². The molecule has 0 aliphatic rings. The van der Waals surface area contributed by atoms with E-state index in [-0.39, 0.29) is 18.1 Å². The minimum atomic E-state index is -4.63. The van der Waals surface area contributed by atoms with E-state index in [9.17, 15) is 28.1 Å². The summed E-state index contributed by atoms with van der Waals surface area (Å²) in [7, 11) is 0. The second kappa shape index (κ2) is 8.99. The number of halogens is 4. The van der Waals surface area contributed by atoms with Crippen LogP contribution in [0.3, 0.4) is 0 Å². The van der Waals surface area contributed by atoms with Crippen molar-refractivity contribution in [2.45, 2.75) is 18.8 Å². The minimum Gasteiger partial charge on any atom is -0.479 e. The van der Waals surface area contributed by atoms with Gasteiger partial charge in [0, 0.05) is 0 Å². The number of rotatable bonds is 8. The van der Waals surface area contributed by atoms with Crippen LogP contribution < -0.4 is 9.47 Å². The van der Waals surface area contributed by atoms with Gasteiger partial charge in [-0.15, -0.1) is 0 Å². The maximum atomic E-state index is 12.7. The van der Waals surface area contributed by atoms with E-state index in [0.717, 1.165) is 6.07 Å². The van der Waals surface area contributed by atoms with Gasteiger partial charge in [0.25, 0.3) is 0 Å². The average molecular weight is 434 g/mol. The van der Waals surface area contributed by atoms with Crippen LogP contribution in [-0.4, -0.2) is 29.8 Å². The largest absolute Gasteiger partial charge is 0.494 e. The highest BCUT2D eigenvalue weighted by Crippen LogP contribution is 2.35. The zero-order valence-electron chi connectivity index (χ0n) is 14.9. The van der Waals surface area contributed by atoms with Crippen LogP contribution in [0.15, 0.2) is 48.5 Å². The topological polar surface area (TPSA) is 87.9 Å². The van der Waals surface area contributed by atoms with Gasteiger partial charge in [0.05, 0.1) is 22.1 Å². The first-order valence-electron chi connectivity index (χ1n) is 8.15. The fourth-order valence-electron chi connectivity index (χ4n) is 2.19. The molecule has 0 saturated carbocycles. The van der Waals surface area contributed by atoms with Crippen LogP contribution in [-0.2, 0) is 15.7 Å². The van der Waals surface area contributed by atoms with Gasteiger partial charge in [-0.1, -0.05) is 29.8 Å². The number of carbonyl (C=O) groups excluding carboxylic acids is 1. The molecule has 0 radical (unpaired) electrons. The number of esters is 1. The molecule has 0 bridgehead atoms. The zero-order chi connectivity index (χ0) is 21.7. The molecule has 2 aromatic carbocycles. The van der Waals surface area contributed by atoms with E-state index in [1.807, 2.05) is 0 Å². The standard InChI is InChI=1S/C18H15ClF3NO6/c1-2-27-16(24)17(23(25)26,29-13-6-4-3-5-7-13)11-28-15-9-8-12(10-14(15)19)18(20,21)22/h3-10H,2,11H2,1H3. The molecule has 0 amide bonds. The molecule has 0 spiro atoms. The van der Waals surface area contributed by atoms with Crippen LogP contribution in [0.5, 0.6) is 11.5 Å². The molecule has 0 heterocycles. The average Bonchev–Trinajstić information content (AvgIpc) is 2.65. The lowest BCUT2D eigenvalue weighted by Crippen LogP contribution is -2.57. The molecular formula is C18H15ClF3NO6. The number of nitro groups is 1. The van der Waals surface area contributed by atoms with Crippen LogP contribution in [0, 0.1) is 10.1 Å². The van der Waals surface area contributed by atoms with Gasteiger partial charge in [-0.2, -0.15) is 13.2 Å². The maximum absolute atomic E-state index is 12.7. The fourth-order valence-corrected chi connectivity index (χ4v) is 2.43. The first-order chi connectivity index (χ1) is 13.6. The van der Waals surface area contributed by atoms with Gasteiger partial charge in [0.1, 0.15) is 11.5 Å². The molecule has 0 aliphatic carbocycles. The summed E-state index contributed by atoms with van der Waals surface area (Å²) >= 11 is 5.79. The van der Waals surface area contributed by atoms with Crippen molar-refractivity contribution in [3.8, 4) is 11.5 Å². The summed E-state index contributed by atoms with van der Waals surface area (Å²) in [5.41, 5.74) is -3.83. The van der Waals surface area contributed by atoms with Crippen molar-refractivity contribution in [1.29, 1.82) is 0 Å². The Labute approximate surface area is 168 Å². The molecule has 0 saturated heterocycles. The van der Waals surface area contributed by atoms with Gasteiger partial charge in [-0.25, -0.2) is 4.79 Å².